The maximum atomic E-state index is 12.7. The second kappa shape index (κ2) is 8.67. The van der Waals surface area contributed by atoms with Gasteiger partial charge in [0.05, 0.1) is 10.6 Å². The summed E-state index contributed by atoms with van der Waals surface area (Å²) in [5, 5.41) is 17.5. The Morgan fingerprint density at radius 3 is 2.55 bits per heavy atom. The van der Waals surface area contributed by atoms with E-state index in [9.17, 15) is 14.9 Å². The number of thiazole rings is 1. The summed E-state index contributed by atoms with van der Waals surface area (Å²) < 4.78 is 0. The average molecular weight is 450 g/mol. The molecule has 0 saturated carbocycles. The summed E-state index contributed by atoms with van der Waals surface area (Å²) in [6.45, 7) is 1.57. The molecule has 8 heteroatoms. The summed E-state index contributed by atoms with van der Waals surface area (Å²) in [4.78, 5) is 28.1. The molecular weight excluding hydrogens is 434 g/mol. The molecule has 0 radical (unpaired) electrons. The predicted molar refractivity (Wildman–Crippen MR) is 124 cm³/mol. The first-order valence-corrected chi connectivity index (χ1v) is 10.6. The number of hydrogen-bond acceptors (Lipinski definition) is 5. The van der Waals surface area contributed by atoms with Crippen molar-refractivity contribution in [3.8, 4) is 21.8 Å². The molecule has 0 spiro atoms. The molecule has 0 aliphatic heterocycles. The molecule has 0 atom stereocenters. The molecule has 154 valence electrons. The highest BCUT2D eigenvalue weighted by molar-refractivity contribution is 7.13. The number of anilines is 1. The normalized spacial score (nSPS) is 10.6. The summed E-state index contributed by atoms with van der Waals surface area (Å²) in [6.07, 6.45) is 0. The lowest BCUT2D eigenvalue weighted by atomic mass is 10.1. The van der Waals surface area contributed by atoms with Crippen LogP contribution in [-0.4, -0.2) is 15.8 Å². The maximum Gasteiger partial charge on any atom is 0.273 e. The highest BCUT2D eigenvalue weighted by Gasteiger charge is 2.18. The van der Waals surface area contributed by atoms with Crippen LogP contribution >= 0.6 is 22.9 Å². The third-order valence-corrected chi connectivity index (χ3v) is 5.90. The molecule has 0 saturated heterocycles. The maximum absolute atomic E-state index is 12.7. The fourth-order valence-corrected chi connectivity index (χ4v) is 4.11. The number of nitro groups is 1. The topological polar surface area (TPSA) is 85.1 Å². The molecule has 4 aromatic rings. The zero-order valence-corrected chi connectivity index (χ0v) is 17.9. The Morgan fingerprint density at radius 1 is 1.06 bits per heavy atom. The van der Waals surface area contributed by atoms with Gasteiger partial charge in [-0.1, -0.05) is 41.9 Å². The van der Waals surface area contributed by atoms with Crippen LogP contribution in [0.3, 0.4) is 0 Å². The minimum atomic E-state index is -0.493. The Morgan fingerprint density at radius 2 is 1.81 bits per heavy atom. The van der Waals surface area contributed by atoms with E-state index in [0.717, 1.165) is 21.8 Å². The van der Waals surface area contributed by atoms with Crippen LogP contribution in [0.4, 0.5) is 11.4 Å². The number of rotatable bonds is 5. The lowest BCUT2D eigenvalue weighted by molar-refractivity contribution is -0.385. The van der Waals surface area contributed by atoms with Crippen molar-refractivity contribution in [2.75, 3.05) is 5.32 Å². The summed E-state index contributed by atoms with van der Waals surface area (Å²) in [6, 6.07) is 19.3. The number of aromatic nitrogens is 1. The third-order valence-electron chi connectivity index (χ3n) is 4.76. The smallest absolute Gasteiger partial charge is 0.273 e. The molecule has 1 N–H and O–H groups in total. The van der Waals surface area contributed by atoms with Crippen LogP contribution in [-0.2, 0) is 0 Å². The van der Waals surface area contributed by atoms with Crippen LogP contribution in [0.1, 0.15) is 15.9 Å². The van der Waals surface area contributed by atoms with Crippen LogP contribution in [0.25, 0.3) is 21.8 Å². The van der Waals surface area contributed by atoms with Gasteiger partial charge in [0.15, 0.2) is 0 Å². The number of amides is 1. The molecular formula is C23H16ClN3O3S. The first kappa shape index (κ1) is 20.7. The molecule has 0 aliphatic rings. The summed E-state index contributed by atoms with van der Waals surface area (Å²) in [7, 11) is 0. The Balaban J connectivity index is 1.57. The van der Waals surface area contributed by atoms with Gasteiger partial charge in [0.25, 0.3) is 11.6 Å². The van der Waals surface area contributed by atoms with E-state index in [0.29, 0.717) is 16.3 Å². The van der Waals surface area contributed by atoms with Gasteiger partial charge in [-0.15, -0.1) is 11.3 Å². The van der Waals surface area contributed by atoms with Crippen molar-refractivity contribution in [1.29, 1.82) is 0 Å². The van der Waals surface area contributed by atoms with E-state index in [2.05, 4.69) is 5.32 Å². The zero-order chi connectivity index (χ0) is 22.0. The number of nitro benzene ring substituents is 1. The molecule has 4 rings (SSSR count). The van der Waals surface area contributed by atoms with Crippen molar-refractivity contribution in [1.82, 2.24) is 4.98 Å². The van der Waals surface area contributed by atoms with Crippen LogP contribution in [0.5, 0.6) is 0 Å². The Bertz CT molecular complexity index is 1290. The van der Waals surface area contributed by atoms with Crippen molar-refractivity contribution >= 4 is 40.2 Å². The fraction of sp³-hybridized carbons (Fsp3) is 0.0435. The molecule has 3 aromatic carbocycles. The van der Waals surface area contributed by atoms with Crippen molar-refractivity contribution in [3.05, 3.63) is 98.4 Å². The van der Waals surface area contributed by atoms with Crippen molar-refractivity contribution in [2.24, 2.45) is 0 Å². The summed E-state index contributed by atoms with van der Waals surface area (Å²) >= 11 is 7.47. The monoisotopic (exact) mass is 449 g/mol. The molecule has 31 heavy (non-hydrogen) atoms. The van der Waals surface area contributed by atoms with Crippen molar-refractivity contribution in [3.63, 3.8) is 0 Å². The van der Waals surface area contributed by atoms with E-state index in [-0.39, 0.29) is 11.3 Å². The Labute approximate surface area is 187 Å². The van der Waals surface area contributed by atoms with E-state index in [4.69, 9.17) is 16.6 Å². The van der Waals surface area contributed by atoms with Gasteiger partial charge in [-0.2, -0.15) is 0 Å². The van der Waals surface area contributed by atoms with Gasteiger partial charge in [-0.3, -0.25) is 14.9 Å². The van der Waals surface area contributed by atoms with E-state index >= 15 is 0 Å². The first-order chi connectivity index (χ1) is 14.9. The van der Waals surface area contributed by atoms with Gasteiger partial charge < -0.3 is 5.32 Å². The minimum Gasteiger partial charge on any atom is -0.322 e. The van der Waals surface area contributed by atoms with Crippen LogP contribution < -0.4 is 5.32 Å². The highest BCUT2D eigenvalue weighted by atomic mass is 35.5. The highest BCUT2D eigenvalue weighted by Crippen LogP contribution is 2.31. The number of hydrogen-bond donors (Lipinski definition) is 1. The number of nitrogens with one attached hydrogen (secondary N) is 1. The van der Waals surface area contributed by atoms with Gasteiger partial charge in [-0.25, -0.2) is 4.98 Å². The average Bonchev–Trinajstić information content (AvgIpc) is 3.24. The van der Waals surface area contributed by atoms with Crippen LogP contribution in [0.15, 0.2) is 72.1 Å². The lowest BCUT2D eigenvalue weighted by Gasteiger charge is -2.09. The fourth-order valence-electron chi connectivity index (χ4n) is 3.15. The lowest BCUT2D eigenvalue weighted by Crippen LogP contribution is -2.14. The molecule has 6 nitrogen and oxygen atoms in total. The van der Waals surface area contributed by atoms with Crippen molar-refractivity contribution in [2.45, 2.75) is 6.92 Å². The summed E-state index contributed by atoms with van der Waals surface area (Å²) in [5.74, 6) is -0.404. The zero-order valence-electron chi connectivity index (χ0n) is 16.3. The molecule has 1 heterocycles. The second-order valence-electron chi connectivity index (χ2n) is 6.79. The van der Waals surface area contributed by atoms with E-state index in [1.165, 1.54) is 23.5 Å². The standard InChI is InChI=1S/C23H16ClN3O3S/c1-14-19(6-3-7-21(14)27(29)30)22(28)25-18-5-2-4-16(12-18)20-13-31-23(26-20)15-8-10-17(24)11-9-15/h2-13H,1H3,(H,25,28). The number of benzene rings is 3. The molecule has 0 fully saturated rings. The SMILES string of the molecule is Cc1c(C(=O)Nc2cccc(-c3csc(-c4ccc(Cl)cc4)n3)c2)cccc1[N+](=O)[O-]. The van der Waals surface area contributed by atoms with Gasteiger partial charge in [0.1, 0.15) is 5.01 Å². The van der Waals surface area contributed by atoms with Crippen LogP contribution in [0.2, 0.25) is 5.02 Å². The molecule has 0 unspecified atom stereocenters. The minimum absolute atomic E-state index is 0.0846. The first-order valence-electron chi connectivity index (χ1n) is 9.29. The number of halogens is 1. The van der Waals surface area contributed by atoms with Gasteiger partial charge >= 0.3 is 0 Å². The second-order valence-corrected chi connectivity index (χ2v) is 8.08. The number of nitrogens with zero attached hydrogens (tertiary/aromatic N) is 2. The van der Waals surface area contributed by atoms with E-state index in [1.807, 2.05) is 47.8 Å². The van der Waals surface area contributed by atoms with E-state index < -0.39 is 10.8 Å². The van der Waals surface area contributed by atoms with E-state index in [1.54, 1.807) is 19.1 Å². The third kappa shape index (κ3) is 4.47. The number of carbonyl (C=O) groups is 1. The van der Waals surface area contributed by atoms with Gasteiger partial charge in [-0.05, 0) is 37.3 Å². The quantitative estimate of drug-likeness (QED) is 0.274. The molecule has 0 bridgehead atoms. The largest absolute Gasteiger partial charge is 0.322 e. The van der Waals surface area contributed by atoms with Gasteiger partial charge in [0.2, 0.25) is 0 Å². The molecule has 1 aromatic heterocycles. The van der Waals surface area contributed by atoms with Crippen LogP contribution in [0, 0.1) is 17.0 Å². The molecule has 1 amide bonds. The summed E-state index contributed by atoms with van der Waals surface area (Å²) in [5.41, 5.74) is 3.70. The Hall–Kier alpha value is -3.55. The van der Waals surface area contributed by atoms with Crippen molar-refractivity contribution < 1.29 is 9.72 Å². The number of carbonyl (C=O) groups excluding carboxylic acids is 1. The predicted octanol–water partition coefficient (Wildman–Crippen LogP) is 6.60. The van der Waals surface area contributed by atoms with Gasteiger partial charge in [0, 0.05) is 44.4 Å². The Kier molecular flexibility index (Phi) is 5.79. The molecule has 0 aliphatic carbocycles.